The monoisotopic (exact) mass is 205 g/mol. The van der Waals surface area contributed by atoms with Gasteiger partial charge in [0.1, 0.15) is 6.33 Å². The largest absolute Gasteiger partial charge is 0.359 e. The summed E-state index contributed by atoms with van der Waals surface area (Å²) in [4.78, 5) is 11.9. The van der Waals surface area contributed by atoms with E-state index in [1.807, 2.05) is 0 Å². The predicted molar refractivity (Wildman–Crippen MR) is 54.3 cm³/mol. The van der Waals surface area contributed by atoms with Gasteiger partial charge in [-0.15, -0.1) is 0 Å². The number of aryl methyl sites for hydroxylation is 1. The maximum atomic E-state index is 9.50. The molecule has 6 heteroatoms. The second-order valence-corrected chi connectivity index (χ2v) is 3.38. The molecule has 0 unspecified atom stereocenters. The topological polar surface area (TPSA) is 111 Å². The van der Waals surface area contributed by atoms with E-state index >= 15 is 0 Å². The molecule has 2 aromatic heterocycles. The number of hydrogen-bond acceptors (Lipinski definition) is 6. The van der Waals surface area contributed by atoms with Crippen molar-refractivity contribution in [3.63, 3.8) is 0 Å². The fourth-order valence-corrected chi connectivity index (χ4v) is 1.46. The van der Waals surface area contributed by atoms with E-state index < -0.39 is 5.85 Å². The van der Waals surface area contributed by atoms with Crippen molar-refractivity contribution in [2.24, 2.45) is 11.5 Å². The van der Waals surface area contributed by atoms with E-state index in [0.717, 1.165) is 10.9 Å². The number of pyridine rings is 1. The first kappa shape index (κ1) is 9.91. The molecule has 0 fully saturated rings. The summed E-state index contributed by atoms with van der Waals surface area (Å²) in [5.41, 5.74) is 12.4. The molecule has 0 aliphatic rings. The molecule has 2 rings (SSSR count). The number of hydrogen-bond donors (Lipinski definition) is 3. The minimum atomic E-state index is -1.89. The van der Waals surface area contributed by atoms with Gasteiger partial charge in [0.05, 0.1) is 0 Å². The highest BCUT2D eigenvalue weighted by molar-refractivity contribution is 5.78. The molecule has 2 aromatic rings. The van der Waals surface area contributed by atoms with E-state index in [1.54, 1.807) is 13.1 Å². The molecule has 15 heavy (non-hydrogen) atoms. The van der Waals surface area contributed by atoms with Crippen molar-refractivity contribution in [2.45, 2.75) is 12.8 Å². The van der Waals surface area contributed by atoms with E-state index in [0.29, 0.717) is 11.2 Å². The van der Waals surface area contributed by atoms with Crippen LogP contribution in [0.3, 0.4) is 0 Å². The number of fused-ring (bicyclic) bond motifs is 1. The Labute approximate surface area is 86.0 Å². The molecule has 2 heterocycles. The third-order valence-corrected chi connectivity index (χ3v) is 2.25. The van der Waals surface area contributed by atoms with Crippen LogP contribution >= 0.6 is 0 Å². The number of nitrogens with two attached hydrogens (primary N) is 2. The summed E-state index contributed by atoms with van der Waals surface area (Å²) >= 11 is 0. The van der Waals surface area contributed by atoms with Crippen molar-refractivity contribution >= 4 is 11.0 Å². The zero-order valence-electron chi connectivity index (χ0n) is 8.18. The SMILES string of the molecule is Cc1c(C(N)(N)O)cnc2ncncc12. The van der Waals surface area contributed by atoms with Crippen molar-refractivity contribution < 1.29 is 5.11 Å². The molecule has 0 aliphatic heterocycles. The number of aromatic nitrogens is 3. The van der Waals surface area contributed by atoms with Gasteiger partial charge in [-0.3, -0.25) is 11.5 Å². The summed E-state index contributed by atoms with van der Waals surface area (Å²) in [5, 5.41) is 10.2. The first-order chi connectivity index (χ1) is 7.00. The number of aliphatic hydroxyl groups is 1. The van der Waals surface area contributed by atoms with Crippen LogP contribution in [0.2, 0.25) is 0 Å². The molecule has 0 aromatic carbocycles. The lowest BCUT2D eigenvalue weighted by atomic mass is 10.0. The minimum Gasteiger partial charge on any atom is -0.359 e. The van der Waals surface area contributed by atoms with Gasteiger partial charge >= 0.3 is 0 Å². The maximum Gasteiger partial charge on any atom is 0.196 e. The second-order valence-electron chi connectivity index (χ2n) is 3.38. The Morgan fingerprint density at radius 1 is 1.27 bits per heavy atom. The van der Waals surface area contributed by atoms with Crippen LogP contribution in [0, 0.1) is 6.92 Å². The van der Waals surface area contributed by atoms with E-state index in [4.69, 9.17) is 11.5 Å². The molecule has 78 valence electrons. The molecule has 0 amide bonds. The molecule has 0 saturated heterocycles. The molecular formula is C9H11N5O. The van der Waals surface area contributed by atoms with Gasteiger partial charge in [0.15, 0.2) is 11.5 Å². The van der Waals surface area contributed by atoms with Crippen molar-refractivity contribution in [3.05, 3.63) is 29.8 Å². The highest BCUT2D eigenvalue weighted by Gasteiger charge is 2.21. The third-order valence-electron chi connectivity index (χ3n) is 2.25. The molecule has 0 bridgehead atoms. The Hall–Kier alpha value is -1.63. The van der Waals surface area contributed by atoms with Gasteiger partial charge in [-0.05, 0) is 12.5 Å². The third kappa shape index (κ3) is 1.65. The van der Waals surface area contributed by atoms with Crippen LogP contribution in [0.5, 0.6) is 0 Å². The van der Waals surface area contributed by atoms with Crippen LogP contribution in [-0.2, 0) is 5.85 Å². The fourth-order valence-electron chi connectivity index (χ4n) is 1.46. The van der Waals surface area contributed by atoms with Crippen LogP contribution < -0.4 is 11.5 Å². The second kappa shape index (κ2) is 3.20. The average Bonchev–Trinajstić information content (AvgIpc) is 2.16. The minimum absolute atomic E-state index is 0.366. The van der Waals surface area contributed by atoms with Crippen LogP contribution in [0.1, 0.15) is 11.1 Å². The highest BCUT2D eigenvalue weighted by atomic mass is 16.3. The Morgan fingerprint density at radius 2 is 2.00 bits per heavy atom. The molecule has 0 spiro atoms. The Balaban J connectivity index is 2.76. The van der Waals surface area contributed by atoms with Gasteiger partial charge in [-0.1, -0.05) is 0 Å². The van der Waals surface area contributed by atoms with E-state index in [9.17, 15) is 5.11 Å². The average molecular weight is 205 g/mol. The summed E-state index contributed by atoms with van der Waals surface area (Å²) in [6.45, 7) is 1.79. The Kier molecular flexibility index (Phi) is 2.11. The van der Waals surface area contributed by atoms with Gasteiger partial charge < -0.3 is 5.11 Å². The molecule has 0 aliphatic carbocycles. The van der Waals surface area contributed by atoms with E-state index in [-0.39, 0.29) is 0 Å². The fraction of sp³-hybridized carbons (Fsp3) is 0.222. The normalized spacial score (nSPS) is 12.0. The lowest BCUT2D eigenvalue weighted by molar-refractivity contribution is 0.0501. The van der Waals surface area contributed by atoms with Crippen molar-refractivity contribution in [1.82, 2.24) is 15.0 Å². The summed E-state index contributed by atoms with van der Waals surface area (Å²) in [6.07, 6.45) is 4.44. The van der Waals surface area contributed by atoms with Crippen molar-refractivity contribution in [2.75, 3.05) is 0 Å². The number of rotatable bonds is 1. The van der Waals surface area contributed by atoms with E-state index in [2.05, 4.69) is 15.0 Å². The zero-order chi connectivity index (χ0) is 11.1. The summed E-state index contributed by atoms with van der Waals surface area (Å²) in [7, 11) is 0. The van der Waals surface area contributed by atoms with Crippen LogP contribution in [0.15, 0.2) is 18.7 Å². The van der Waals surface area contributed by atoms with Crippen LogP contribution in [0.4, 0.5) is 0 Å². The van der Waals surface area contributed by atoms with Gasteiger partial charge in [-0.2, -0.15) is 0 Å². The van der Waals surface area contributed by atoms with Crippen molar-refractivity contribution in [3.8, 4) is 0 Å². The summed E-state index contributed by atoms with van der Waals surface area (Å²) in [6, 6.07) is 0. The maximum absolute atomic E-state index is 9.50. The van der Waals surface area contributed by atoms with Crippen LogP contribution in [0.25, 0.3) is 11.0 Å². The van der Waals surface area contributed by atoms with Crippen LogP contribution in [-0.4, -0.2) is 20.1 Å². The number of nitrogens with zero attached hydrogens (tertiary/aromatic N) is 3. The van der Waals surface area contributed by atoms with Gasteiger partial charge in [0, 0.05) is 23.3 Å². The first-order valence-corrected chi connectivity index (χ1v) is 4.36. The first-order valence-electron chi connectivity index (χ1n) is 4.36. The van der Waals surface area contributed by atoms with Gasteiger partial charge in [-0.25, -0.2) is 15.0 Å². The standard InChI is InChI=1S/C9H11N5O/c1-5-6-2-12-4-14-8(6)13-3-7(5)9(10,11)15/h2-4,15H,10-11H2,1H3. The molecular weight excluding hydrogens is 194 g/mol. The molecule has 5 N–H and O–H groups in total. The van der Waals surface area contributed by atoms with E-state index in [1.165, 1.54) is 12.5 Å². The highest BCUT2D eigenvalue weighted by Crippen LogP contribution is 2.20. The Morgan fingerprint density at radius 3 is 2.67 bits per heavy atom. The van der Waals surface area contributed by atoms with Gasteiger partial charge in [0.25, 0.3) is 0 Å². The lowest BCUT2D eigenvalue weighted by Gasteiger charge is -2.19. The lowest BCUT2D eigenvalue weighted by Crippen LogP contribution is -2.46. The molecule has 0 radical (unpaired) electrons. The Bertz CT molecular complexity index is 505. The molecule has 0 atom stereocenters. The summed E-state index contributed by atoms with van der Waals surface area (Å²) < 4.78 is 0. The molecule has 6 nitrogen and oxygen atoms in total. The quantitative estimate of drug-likeness (QED) is 0.534. The zero-order valence-corrected chi connectivity index (χ0v) is 8.18. The summed E-state index contributed by atoms with van der Waals surface area (Å²) in [5.74, 6) is -1.89. The van der Waals surface area contributed by atoms with Crippen molar-refractivity contribution in [1.29, 1.82) is 0 Å². The molecule has 0 saturated carbocycles. The predicted octanol–water partition coefficient (Wildman–Crippen LogP) is -0.647. The smallest absolute Gasteiger partial charge is 0.196 e. The van der Waals surface area contributed by atoms with Gasteiger partial charge in [0.2, 0.25) is 0 Å².